The normalized spacial score (nSPS) is 11.7. The van der Waals surface area contributed by atoms with E-state index in [4.69, 9.17) is 27.3 Å². The fraction of sp³-hybridized carbons (Fsp3) is 0.273. The smallest absolute Gasteiger partial charge is 0.297 e. The predicted molar refractivity (Wildman–Crippen MR) is 168 cm³/mol. The van der Waals surface area contributed by atoms with Crippen molar-refractivity contribution in [3.8, 4) is 17.2 Å². The molecule has 4 aromatic carbocycles. The molecule has 0 saturated carbocycles. The highest BCUT2D eigenvalue weighted by atomic mass is 32.2. The van der Waals surface area contributed by atoms with Gasteiger partial charge in [-0.05, 0) is 43.7 Å². The van der Waals surface area contributed by atoms with Gasteiger partial charge in [-0.15, -0.1) is 0 Å². The van der Waals surface area contributed by atoms with Gasteiger partial charge in [0, 0.05) is 18.2 Å². The van der Waals surface area contributed by atoms with Crippen molar-refractivity contribution < 1.29 is 44.1 Å². The number of hydrogen-bond acceptors (Lipinski definition) is 10. The minimum absolute atomic E-state index is 0.0558. The Hall–Kier alpha value is -3.94. The van der Waals surface area contributed by atoms with Gasteiger partial charge in [-0.3, -0.25) is 8.37 Å². The van der Waals surface area contributed by atoms with Crippen molar-refractivity contribution in [3.63, 3.8) is 0 Å². The lowest BCUT2D eigenvalue weighted by molar-refractivity contribution is 0.0886. The molecule has 45 heavy (non-hydrogen) atoms. The Morgan fingerprint density at radius 1 is 0.489 bits per heavy atom. The van der Waals surface area contributed by atoms with E-state index >= 15 is 0 Å². The number of ether oxygens (including phenoxy) is 4. The second-order valence-electron chi connectivity index (χ2n) is 9.90. The van der Waals surface area contributed by atoms with Gasteiger partial charge in [0.2, 0.25) is 0 Å². The lowest BCUT2D eigenvalue weighted by atomic mass is 10.2. The number of benzene rings is 4. The van der Waals surface area contributed by atoms with Crippen molar-refractivity contribution in [2.24, 2.45) is 0 Å². The molecule has 0 saturated heterocycles. The molecule has 0 amide bonds. The summed E-state index contributed by atoms with van der Waals surface area (Å²) in [6, 6.07) is 27.3. The summed E-state index contributed by atoms with van der Waals surface area (Å²) >= 11 is 0. The average Bonchev–Trinajstić information content (AvgIpc) is 3.02. The molecule has 0 spiro atoms. The fourth-order valence-corrected chi connectivity index (χ4v) is 5.72. The molecule has 0 aliphatic rings. The topological polar surface area (TPSA) is 124 Å². The quantitative estimate of drug-likeness (QED) is 0.101. The van der Waals surface area contributed by atoms with Gasteiger partial charge in [0.25, 0.3) is 20.2 Å². The summed E-state index contributed by atoms with van der Waals surface area (Å²) in [4.78, 5) is 0.112. The van der Waals surface area contributed by atoms with Crippen molar-refractivity contribution >= 4 is 20.2 Å². The molecule has 4 aromatic rings. The first-order valence-electron chi connectivity index (χ1n) is 14.2. The van der Waals surface area contributed by atoms with Crippen LogP contribution in [0, 0.1) is 13.8 Å². The van der Waals surface area contributed by atoms with Crippen LogP contribution < -0.4 is 14.2 Å². The van der Waals surface area contributed by atoms with E-state index in [0.717, 1.165) is 16.7 Å². The molecule has 240 valence electrons. The summed E-state index contributed by atoms with van der Waals surface area (Å²) in [7, 11) is -7.88. The highest BCUT2D eigenvalue weighted by Crippen LogP contribution is 2.28. The standard InChI is InChI=1S/C33H36O10S2/c1-26-8-12-32(13-9-26)44(34,35)42-20-18-40-30-22-29(39-17-16-38-25-28-6-4-3-5-7-28)23-31(24-30)41-19-21-43-45(36,37)33-14-10-27(2)11-15-33/h3-15,22-24H,16-21,25H2,1-2H3. The van der Waals surface area contributed by atoms with Crippen LogP contribution in [0.1, 0.15) is 16.7 Å². The van der Waals surface area contributed by atoms with Crippen molar-refractivity contribution in [2.45, 2.75) is 30.2 Å². The molecular formula is C33H36O10S2. The van der Waals surface area contributed by atoms with Crippen molar-refractivity contribution in [1.82, 2.24) is 0 Å². The second-order valence-corrected chi connectivity index (χ2v) is 13.1. The molecule has 0 radical (unpaired) electrons. The third kappa shape index (κ3) is 11.2. The molecular weight excluding hydrogens is 620 g/mol. The summed E-state index contributed by atoms with van der Waals surface area (Å²) in [5.74, 6) is 1.07. The van der Waals surface area contributed by atoms with E-state index in [1.807, 2.05) is 44.2 Å². The molecule has 12 heteroatoms. The van der Waals surface area contributed by atoms with E-state index in [0.29, 0.717) is 30.5 Å². The van der Waals surface area contributed by atoms with Gasteiger partial charge in [-0.25, -0.2) is 0 Å². The Morgan fingerprint density at radius 3 is 1.31 bits per heavy atom. The average molecular weight is 657 g/mol. The van der Waals surface area contributed by atoms with Gasteiger partial charge in [0.05, 0.1) is 23.0 Å². The van der Waals surface area contributed by atoms with E-state index in [9.17, 15) is 16.8 Å². The lowest BCUT2D eigenvalue weighted by Crippen LogP contribution is -2.14. The van der Waals surface area contributed by atoms with Crippen LogP contribution in [0.15, 0.2) is 107 Å². The molecule has 0 aliphatic heterocycles. The first-order valence-corrected chi connectivity index (χ1v) is 17.0. The van der Waals surface area contributed by atoms with Crippen LogP contribution in [0.25, 0.3) is 0 Å². The van der Waals surface area contributed by atoms with Crippen LogP contribution in [0.4, 0.5) is 0 Å². The van der Waals surface area contributed by atoms with Crippen molar-refractivity contribution in [1.29, 1.82) is 0 Å². The first kappa shape index (κ1) is 33.9. The van der Waals surface area contributed by atoms with Crippen LogP contribution in [-0.4, -0.2) is 56.5 Å². The number of rotatable bonds is 18. The Bertz CT molecular complexity index is 1600. The third-order valence-corrected chi connectivity index (χ3v) is 8.91. The molecule has 0 bridgehead atoms. The molecule has 0 fully saturated rings. The maximum atomic E-state index is 12.5. The molecule has 0 unspecified atom stereocenters. The number of aryl methyl sites for hydroxylation is 2. The van der Waals surface area contributed by atoms with Gasteiger partial charge < -0.3 is 18.9 Å². The zero-order valence-electron chi connectivity index (χ0n) is 25.1. The van der Waals surface area contributed by atoms with Crippen LogP contribution in [0.3, 0.4) is 0 Å². The van der Waals surface area contributed by atoms with Crippen LogP contribution in [0.5, 0.6) is 17.2 Å². The highest BCUT2D eigenvalue weighted by molar-refractivity contribution is 7.87. The second kappa shape index (κ2) is 16.4. The minimum atomic E-state index is -3.94. The van der Waals surface area contributed by atoms with Crippen LogP contribution in [-0.2, 0) is 39.9 Å². The van der Waals surface area contributed by atoms with Gasteiger partial charge in [0.1, 0.15) is 50.3 Å². The minimum Gasteiger partial charge on any atom is -0.491 e. The summed E-state index contributed by atoms with van der Waals surface area (Å²) in [6.07, 6.45) is 0. The van der Waals surface area contributed by atoms with E-state index in [1.54, 1.807) is 42.5 Å². The molecule has 0 heterocycles. The Kier molecular flexibility index (Phi) is 12.4. The van der Waals surface area contributed by atoms with Crippen molar-refractivity contribution in [2.75, 3.05) is 39.6 Å². The maximum Gasteiger partial charge on any atom is 0.297 e. The molecule has 0 atom stereocenters. The summed E-state index contributed by atoms with van der Waals surface area (Å²) in [5.41, 5.74) is 2.90. The summed E-state index contributed by atoms with van der Waals surface area (Å²) in [6.45, 7) is 4.12. The maximum absolute atomic E-state index is 12.5. The lowest BCUT2D eigenvalue weighted by Gasteiger charge is -2.14. The van der Waals surface area contributed by atoms with E-state index in [2.05, 4.69) is 0 Å². The Balaban J connectivity index is 1.32. The molecule has 0 N–H and O–H groups in total. The Morgan fingerprint density at radius 2 is 0.889 bits per heavy atom. The zero-order chi connectivity index (χ0) is 32.1. The van der Waals surface area contributed by atoms with Gasteiger partial charge in [0.15, 0.2) is 0 Å². The van der Waals surface area contributed by atoms with Crippen molar-refractivity contribution in [3.05, 3.63) is 114 Å². The van der Waals surface area contributed by atoms with E-state index in [-0.39, 0.29) is 42.8 Å². The highest BCUT2D eigenvalue weighted by Gasteiger charge is 2.16. The molecule has 0 aliphatic carbocycles. The summed E-state index contributed by atoms with van der Waals surface area (Å²) in [5, 5.41) is 0. The van der Waals surface area contributed by atoms with Crippen LogP contribution >= 0.6 is 0 Å². The number of hydrogen-bond donors (Lipinski definition) is 0. The zero-order valence-corrected chi connectivity index (χ0v) is 26.7. The molecule has 4 rings (SSSR count). The van der Waals surface area contributed by atoms with E-state index < -0.39 is 20.2 Å². The van der Waals surface area contributed by atoms with E-state index in [1.165, 1.54) is 24.3 Å². The summed E-state index contributed by atoms with van der Waals surface area (Å²) < 4.78 is 83.1. The van der Waals surface area contributed by atoms with Gasteiger partial charge >= 0.3 is 0 Å². The fourth-order valence-electron chi connectivity index (χ4n) is 3.93. The monoisotopic (exact) mass is 656 g/mol. The molecule has 10 nitrogen and oxygen atoms in total. The Labute approximate surface area is 264 Å². The predicted octanol–water partition coefficient (Wildman–Crippen LogP) is 5.47. The van der Waals surface area contributed by atoms with Gasteiger partial charge in [-0.2, -0.15) is 16.8 Å². The first-order chi connectivity index (χ1) is 21.6. The van der Waals surface area contributed by atoms with Gasteiger partial charge in [-0.1, -0.05) is 65.7 Å². The van der Waals surface area contributed by atoms with Crippen LogP contribution in [0.2, 0.25) is 0 Å². The SMILES string of the molecule is Cc1ccc(S(=O)(=O)OCCOc2cc(OCCOCc3ccccc3)cc(OCCOS(=O)(=O)c3ccc(C)cc3)c2)cc1. The molecule has 0 aromatic heterocycles. The third-order valence-electron chi connectivity index (χ3n) is 6.26. The largest absolute Gasteiger partial charge is 0.491 e.